The third kappa shape index (κ3) is 1.26. The number of nitrogens with one attached hydrogen (secondary N) is 1. The second kappa shape index (κ2) is 2.73. The van der Waals surface area contributed by atoms with Crippen molar-refractivity contribution in [3.63, 3.8) is 0 Å². The average Bonchev–Trinajstić information content (AvgIpc) is 2.62. The number of hydrogen-bond acceptors (Lipinski definition) is 2. The Morgan fingerprint density at radius 3 is 2.42 bits per heavy atom. The largest absolute Gasteiger partial charge is 0.343 e. The van der Waals surface area contributed by atoms with Crippen LogP contribution in [-0.4, -0.2) is 17.2 Å². The lowest BCUT2D eigenvalue weighted by molar-refractivity contribution is -0.126. The first-order valence-corrected chi connectivity index (χ1v) is 3.95. The molecule has 1 rings (SSSR count). The van der Waals surface area contributed by atoms with Crippen molar-refractivity contribution >= 4 is 11.7 Å². The molecule has 1 saturated carbocycles. The first-order valence-electron chi connectivity index (χ1n) is 3.95. The molecule has 1 aliphatic carbocycles. The van der Waals surface area contributed by atoms with Gasteiger partial charge >= 0.3 is 0 Å². The maximum atomic E-state index is 11.2. The van der Waals surface area contributed by atoms with Crippen molar-refractivity contribution in [3.05, 3.63) is 12.7 Å². The molecule has 0 aromatic rings. The molecule has 0 aliphatic heterocycles. The van der Waals surface area contributed by atoms with E-state index < -0.39 is 5.54 Å². The van der Waals surface area contributed by atoms with Crippen LogP contribution in [0, 0.1) is 5.92 Å². The fourth-order valence-electron chi connectivity index (χ4n) is 1.52. The zero-order valence-electron chi connectivity index (χ0n) is 7.39. The fraction of sp³-hybridized carbons (Fsp3) is 0.556. The molecular weight excluding hydrogens is 154 g/mol. The van der Waals surface area contributed by atoms with Gasteiger partial charge in [0.1, 0.15) is 5.54 Å². The number of hydrogen-bond donors (Lipinski definition) is 1. The maximum absolute atomic E-state index is 11.2. The zero-order valence-corrected chi connectivity index (χ0v) is 7.39. The summed E-state index contributed by atoms with van der Waals surface area (Å²) < 4.78 is 0. The molecule has 0 spiro atoms. The van der Waals surface area contributed by atoms with Crippen LogP contribution < -0.4 is 5.32 Å². The third-order valence-corrected chi connectivity index (χ3v) is 2.33. The number of amides is 1. The monoisotopic (exact) mass is 167 g/mol. The van der Waals surface area contributed by atoms with Gasteiger partial charge in [-0.2, -0.15) is 0 Å². The number of Topliss-reactive ketones (excluding diaryl/α,β-unsaturated/α-hetero) is 1. The van der Waals surface area contributed by atoms with E-state index in [-0.39, 0.29) is 17.6 Å². The van der Waals surface area contributed by atoms with Gasteiger partial charge in [-0.3, -0.25) is 9.59 Å². The van der Waals surface area contributed by atoms with Crippen LogP contribution in [0.2, 0.25) is 0 Å². The number of carbonyl (C=O) groups excluding carboxylic acids is 2. The molecule has 0 saturated heterocycles. The van der Waals surface area contributed by atoms with Gasteiger partial charge in [-0.15, -0.1) is 6.58 Å². The average molecular weight is 167 g/mol. The van der Waals surface area contributed by atoms with Crippen LogP contribution in [0.1, 0.15) is 20.3 Å². The predicted molar refractivity (Wildman–Crippen MR) is 45.5 cm³/mol. The van der Waals surface area contributed by atoms with Crippen molar-refractivity contribution in [3.8, 4) is 0 Å². The van der Waals surface area contributed by atoms with Crippen molar-refractivity contribution in [2.24, 2.45) is 5.92 Å². The van der Waals surface area contributed by atoms with E-state index in [1.165, 1.54) is 13.8 Å². The topological polar surface area (TPSA) is 46.2 Å². The highest BCUT2D eigenvalue weighted by Crippen LogP contribution is 2.44. The molecule has 1 amide bonds. The normalized spacial score (nSPS) is 32.3. The highest BCUT2D eigenvalue weighted by molar-refractivity contribution is 5.94. The Balaban J connectivity index is 2.71. The highest BCUT2D eigenvalue weighted by Gasteiger charge is 2.57. The van der Waals surface area contributed by atoms with Crippen molar-refractivity contribution in [1.29, 1.82) is 0 Å². The van der Waals surface area contributed by atoms with Gasteiger partial charge in [0.2, 0.25) is 5.91 Å². The lowest BCUT2D eigenvalue weighted by Gasteiger charge is -2.13. The first kappa shape index (κ1) is 8.97. The van der Waals surface area contributed by atoms with Gasteiger partial charge in [-0.05, 0) is 13.3 Å². The maximum Gasteiger partial charge on any atom is 0.217 e. The van der Waals surface area contributed by atoms with Gasteiger partial charge in [0.15, 0.2) is 5.78 Å². The molecule has 0 bridgehead atoms. The molecule has 66 valence electrons. The van der Waals surface area contributed by atoms with E-state index in [2.05, 4.69) is 11.9 Å². The van der Waals surface area contributed by atoms with Crippen LogP contribution >= 0.6 is 0 Å². The van der Waals surface area contributed by atoms with Crippen LogP contribution in [-0.2, 0) is 9.59 Å². The summed E-state index contributed by atoms with van der Waals surface area (Å²) in [6.07, 6.45) is 2.42. The lowest BCUT2D eigenvalue weighted by Crippen LogP contribution is -2.42. The summed E-state index contributed by atoms with van der Waals surface area (Å²) in [4.78, 5) is 21.9. The van der Waals surface area contributed by atoms with Crippen LogP contribution in [0.4, 0.5) is 0 Å². The minimum atomic E-state index is -0.617. The Morgan fingerprint density at radius 1 is 1.58 bits per heavy atom. The Bertz CT molecular complexity index is 247. The third-order valence-electron chi connectivity index (χ3n) is 2.33. The second-order valence-electron chi connectivity index (χ2n) is 3.26. The van der Waals surface area contributed by atoms with Gasteiger partial charge in [0.05, 0.1) is 0 Å². The smallest absolute Gasteiger partial charge is 0.217 e. The molecule has 1 N–H and O–H groups in total. The molecule has 0 unspecified atom stereocenters. The van der Waals surface area contributed by atoms with E-state index in [1.807, 2.05) is 0 Å². The standard InChI is InChI=1S/C9H13NO2/c1-4-8-5-9(8,6(2)11)10-7(3)12/h4,8H,1,5H2,2-3H3,(H,10,12)/t8-,9+/m1/s1. The summed E-state index contributed by atoms with van der Waals surface area (Å²) >= 11 is 0. The van der Waals surface area contributed by atoms with E-state index in [1.54, 1.807) is 6.08 Å². The summed E-state index contributed by atoms with van der Waals surface area (Å²) in [5.74, 6) is -0.0175. The lowest BCUT2D eigenvalue weighted by atomic mass is 10.1. The Hall–Kier alpha value is -1.12. The molecule has 1 aliphatic rings. The van der Waals surface area contributed by atoms with Gasteiger partial charge in [-0.25, -0.2) is 0 Å². The summed E-state index contributed by atoms with van der Waals surface area (Å²) in [7, 11) is 0. The number of carbonyl (C=O) groups is 2. The van der Waals surface area contributed by atoms with Crippen LogP contribution in [0.3, 0.4) is 0 Å². The first-order chi connectivity index (χ1) is 5.53. The van der Waals surface area contributed by atoms with Gasteiger partial charge in [0.25, 0.3) is 0 Å². The molecule has 0 aromatic heterocycles. The predicted octanol–water partition coefficient (Wildman–Crippen LogP) is 0.656. The molecule has 1 fully saturated rings. The summed E-state index contributed by atoms with van der Waals surface area (Å²) in [6, 6.07) is 0. The minimum Gasteiger partial charge on any atom is -0.343 e. The van der Waals surface area contributed by atoms with Crippen molar-refractivity contribution < 1.29 is 9.59 Å². The number of rotatable bonds is 3. The van der Waals surface area contributed by atoms with E-state index in [0.29, 0.717) is 6.42 Å². The Labute approximate surface area is 71.8 Å². The molecule has 12 heavy (non-hydrogen) atoms. The summed E-state index contributed by atoms with van der Waals surface area (Å²) in [5, 5.41) is 2.67. The number of ketones is 1. The Kier molecular flexibility index (Phi) is 2.04. The second-order valence-corrected chi connectivity index (χ2v) is 3.26. The molecule has 0 aromatic carbocycles. The Morgan fingerprint density at radius 2 is 2.17 bits per heavy atom. The summed E-state index contributed by atoms with van der Waals surface area (Å²) in [6.45, 7) is 6.52. The van der Waals surface area contributed by atoms with E-state index in [9.17, 15) is 9.59 Å². The van der Waals surface area contributed by atoms with Crippen LogP contribution in [0.5, 0.6) is 0 Å². The quantitative estimate of drug-likeness (QED) is 0.627. The molecule has 3 nitrogen and oxygen atoms in total. The van der Waals surface area contributed by atoms with E-state index in [0.717, 1.165) is 0 Å². The zero-order chi connectivity index (χ0) is 9.35. The molecule has 2 atom stereocenters. The molecule has 0 radical (unpaired) electrons. The van der Waals surface area contributed by atoms with Crippen molar-refractivity contribution in [2.75, 3.05) is 0 Å². The van der Waals surface area contributed by atoms with Gasteiger partial charge in [0, 0.05) is 12.8 Å². The van der Waals surface area contributed by atoms with Crippen molar-refractivity contribution in [1.82, 2.24) is 5.32 Å². The van der Waals surface area contributed by atoms with Crippen molar-refractivity contribution in [2.45, 2.75) is 25.8 Å². The fourth-order valence-corrected chi connectivity index (χ4v) is 1.52. The van der Waals surface area contributed by atoms with Crippen LogP contribution in [0.25, 0.3) is 0 Å². The van der Waals surface area contributed by atoms with Gasteiger partial charge < -0.3 is 5.32 Å². The highest BCUT2D eigenvalue weighted by atomic mass is 16.2. The SMILES string of the molecule is C=C[C@@H]1C[C@]1(NC(C)=O)C(C)=O. The van der Waals surface area contributed by atoms with E-state index in [4.69, 9.17) is 0 Å². The summed E-state index contributed by atoms with van der Waals surface area (Å²) in [5.41, 5.74) is -0.617. The van der Waals surface area contributed by atoms with Gasteiger partial charge in [-0.1, -0.05) is 6.08 Å². The van der Waals surface area contributed by atoms with E-state index >= 15 is 0 Å². The molecular formula is C9H13NO2. The minimum absolute atomic E-state index is 0.0163. The molecule has 3 heteroatoms. The van der Waals surface area contributed by atoms with Crippen LogP contribution in [0.15, 0.2) is 12.7 Å². The molecule has 0 heterocycles.